The number of halogens is 1. The maximum absolute atomic E-state index is 12.9. The van der Waals surface area contributed by atoms with Crippen LogP contribution in [0.15, 0.2) is 42.5 Å². The molecule has 5 heteroatoms. The van der Waals surface area contributed by atoms with E-state index in [1.807, 2.05) is 32.0 Å². The largest absolute Gasteiger partial charge is 0.480 e. The fourth-order valence-corrected chi connectivity index (χ4v) is 2.61. The van der Waals surface area contributed by atoms with Crippen molar-refractivity contribution in [3.8, 4) is 0 Å². The van der Waals surface area contributed by atoms with Crippen molar-refractivity contribution in [2.75, 3.05) is 0 Å². The summed E-state index contributed by atoms with van der Waals surface area (Å²) in [7, 11) is 0. The number of amides is 1. The van der Waals surface area contributed by atoms with Gasteiger partial charge < -0.3 is 10.4 Å². The van der Waals surface area contributed by atoms with E-state index in [9.17, 15) is 19.1 Å². The molecule has 126 valence electrons. The quantitative estimate of drug-likeness (QED) is 0.856. The van der Waals surface area contributed by atoms with E-state index in [1.54, 1.807) is 0 Å². The average molecular weight is 329 g/mol. The highest BCUT2D eigenvalue weighted by molar-refractivity contribution is 5.85. The topological polar surface area (TPSA) is 66.4 Å². The van der Waals surface area contributed by atoms with Crippen LogP contribution in [0.5, 0.6) is 0 Å². The monoisotopic (exact) mass is 329 g/mol. The predicted octanol–water partition coefficient (Wildman–Crippen LogP) is 2.80. The van der Waals surface area contributed by atoms with Gasteiger partial charge in [0.2, 0.25) is 5.91 Å². The van der Waals surface area contributed by atoms with Crippen LogP contribution >= 0.6 is 0 Å². The first-order valence-corrected chi connectivity index (χ1v) is 7.68. The van der Waals surface area contributed by atoms with Gasteiger partial charge in [-0.15, -0.1) is 0 Å². The van der Waals surface area contributed by atoms with Crippen LogP contribution in [-0.4, -0.2) is 23.0 Å². The molecule has 1 amide bonds. The number of benzene rings is 2. The van der Waals surface area contributed by atoms with E-state index in [4.69, 9.17) is 0 Å². The molecule has 0 aliphatic rings. The number of carboxylic acids is 1. The van der Waals surface area contributed by atoms with Crippen molar-refractivity contribution in [1.29, 1.82) is 0 Å². The molecule has 0 aliphatic heterocycles. The number of hydrogen-bond donors (Lipinski definition) is 2. The molecule has 0 heterocycles. The zero-order valence-electron chi connectivity index (χ0n) is 13.7. The molecular formula is C19H20FNO3. The molecular weight excluding hydrogens is 309 g/mol. The van der Waals surface area contributed by atoms with Crippen molar-refractivity contribution < 1.29 is 19.1 Å². The molecule has 0 aliphatic carbocycles. The van der Waals surface area contributed by atoms with Gasteiger partial charge in [-0.2, -0.15) is 0 Å². The number of carbonyl (C=O) groups excluding carboxylic acids is 1. The van der Waals surface area contributed by atoms with Crippen LogP contribution in [0.25, 0.3) is 0 Å². The second kappa shape index (κ2) is 7.73. The van der Waals surface area contributed by atoms with E-state index in [0.29, 0.717) is 5.56 Å². The van der Waals surface area contributed by atoms with E-state index >= 15 is 0 Å². The van der Waals surface area contributed by atoms with Crippen molar-refractivity contribution in [2.45, 2.75) is 32.7 Å². The summed E-state index contributed by atoms with van der Waals surface area (Å²) in [5.74, 6) is -1.86. The van der Waals surface area contributed by atoms with E-state index in [-0.39, 0.29) is 18.7 Å². The summed E-state index contributed by atoms with van der Waals surface area (Å²) in [6, 6.07) is 10.3. The Hall–Kier alpha value is -2.69. The lowest BCUT2D eigenvalue weighted by Crippen LogP contribution is -2.43. The molecule has 2 aromatic carbocycles. The molecule has 0 bridgehead atoms. The fourth-order valence-electron chi connectivity index (χ4n) is 2.61. The second-order valence-corrected chi connectivity index (χ2v) is 5.84. The van der Waals surface area contributed by atoms with Crippen molar-refractivity contribution in [3.63, 3.8) is 0 Å². The molecule has 2 aromatic rings. The van der Waals surface area contributed by atoms with Crippen LogP contribution < -0.4 is 5.32 Å². The van der Waals surface area contributed by atoms with Crippen LogP contribution in [0.1, 0.15) is 22.3 Å². The van der Waals surface area contributed by atoms with Crippen molar-refractivity contribution in [3.05, 3.63) is 70.5 Å². The van der Waals surface area contributed by atoms with Gasteiger partial charge >= 0.3 is 5.97 Å². The molecule has 4 nitrogen and oxygen atoms in total. The first-order valence-electron chi connectivity index (χ1n) is 7.68. The average Bonchev–Trinajstić information content (AvgIpc) is 2.52. The summed E-state index contributed by atoms with van der Waals surface area (Å²) in [6.07, 6.45) is 0.236. The highest BCUT2D eigenvalue weighted by Crippen LogP contribution is 2.15. The zero-order valence-corrected chi connectivity index (χ0v) is 13.7. The second-order valence-electron chi connectivity index (χ2n) is 5.84. The third-order valence-corrected chi connectivity index (χ3v) is 3.96. The maximum Gasteiger partial charge on any atom is 0.326 e. The van der Waals surface area contributed by atoms with Gasteiger partial charge in [-0.25, -0.2) is 9.18 Å². The van der Waals surface area contributed by atoms with Crippen molar-refractivity contribution in [2.24, 2.45) is 0 Å². The molecule has 0 radical (unpaired) electrons. The molecule has 0 aromatic heterocycles. The molecule has 0 saturated carbocycles. The normalized spacial score (nSPS) is 11.8. The minimum Gasteiger partial charge on any atom is -0.480 e. The van der Waals surface area contributed by atoms with Crippen LogP contribution in [-0.2, 0) is 22.4 Å². The number of rotatable bonds is 6. The summed E-state index contributed by atoms with van der Waals surface area (Å²) in [5.41, 5.74) is 3.54. The lowest BCUT2D eigenvalue weighted by molar-refractivity contribution is -0.141. The van der Waals surface area contributed by atoms with Crippen LogP contribution in [0.2, 0.25) is 0 Å². The third kappa shape index (κ3) is 4.65. The van der Waals surface area contributed by atoms with Gasteiger partial charge in [0.1, 0.15) is 11.9 Å². The van der Waals surface area contributed by atoms with E-state index in [0.717, 1.165) is 16.7 Å². The SMILES string of the molecule is Cc1cccc(C)c1C[C@H](NC(=O)Cc1ccc(F)cc1)C(=O)O. The fraction of sp³-hybridized carbons (Fsp3) is 0.263. The van der Waals surface area contributed by atoms with Crippen LogP contribution in [0.3, 0.4) is 0 Å². The lowest BCUT2D eigenvalue weighted by atomic mass is 9.96. The van der Waals surface area contributed by atoms with Crippen LogP contribution in [0.4, 0.5) is 4.39 Å². The first-order chi connectivity index (χ1) is 11.4. The highest BCUT2D eigenvalue weighted by Gasteiger charge is 2.22. The Labute approximate surface area is 140 Å². The number of hydrogen-bond acceptors (Lipinski definition) is 2. The molecule has 2 rings (SSSR count). The number of aryl methyl sites for hydroxylation is 2. The Morgan fingerprint density at radius 3 is 2.21 bits per heavy atom. The Morgan fingerprint density at radius 1 is 1.08 bits per heavy atom. The lowest BCUT2D eigenvalue weighted by Gasteiger charge is -2.17. The van der Waals surface area contributed by atoms with Gasteiger partial charge in [-0.1, -0.05) is 30.3 Å². The summed E-state index contributed by atoms with van der Waals surface area (Å²) >= 11 is 0. The first kappa shape index (κ1) is 17.7. The summed E-state index contributed by atoms with van der Waals surface area (Å²) in [5, 5.41) is 12.0. The number of carboxylic acid groups (broad SMARTS) is 1. The predicted molar refractivity (Wildman–Crippen MR) is 89.3 cm³/mol. The molecule has 0 spiro atoms. The van der Waals surface area contributed by atoms with Gasteiger partial charge in [0.25, 0.3) is 0 Å². The molecule has 1 atom stereocenters. The Bertz CT molecular complexity index is 721. The van der Waals surface area contributed by atoms with Gasteiger partial charge in [-0.3, -0.25) is 4.79 Å². The summed E-state index contributed by atoms with van der Waals surface area (Å²) < 4.78 is 12.9. The highest BCUT2D eigenvalue weighted by atomic mass is 19.1. The van der Waals surface area contributed by atoms with Crippen molar-refractivity contribution in [1.82, 2.24) is 5.32 Å². The van der Waals surface area contributed by atoms with Crippen LogP contribution in [0, 0.1) is 19.7 Å². The molecule has 2 N–H and O–H groups in total. The smallest absolute Gasteiger partial charge is 0.326 e. The number of aliphatic carboxylic acids is 1. The van der Waals surface area contributed by atoms with Gasteiger partial charge in [0.15, 0.2) is 0 Å². The third-order valence-electron chi connectivity index (χ3n) is 3.96. The maximum atomic E-state index is 12.9. The summed E-state index contributed by atoms with van der Waals surface area (Å²) in [4.78, 5) is 23.6. The Morgan fingerprint density at radius 2 is 1.67 bits per heavy atom. The molecule has 0 unspecified atom stereocenters. The van der Waals surface area contributed by atoms with Crippen molar-refractivity contribution >= 4 is 11.9 Å². The zero-order chi connectivity index (χ0) is 17.7. The summed E-state index contributed by atoms with van der Waals surface area (Å²) in [6.45, 7) is 3.84. The molecule has 0 fully saturated rings. The van der Waals surface area contributed by atoms with Gasteiger partial charge in [-0.05, 0) is 48.2 Å². The minimum atomic E-state index is -1.08. The number of nitrogens with one attached hydrogen (secondary N) is 1. The number of carbonyl (C=O) groups is 2. The van der Waals surface area contributed by atoms with E-state index < -0.39 is 17.9 Å². The minimum absolute atomic E-state index is 0.0107. The Kier molecular flexibility index (Phi) is 5.68. The van der Waals surface area contributed by atoms with Gasteiger partial charge in [0, 0.05) is 6.42 Å². The van der Waals surface area contributed by atoms with Gasteiger partial charge in [0.05, 0.1) is 6.42 Å². The van der Waals surface area contributed by atoms with E-state index in [1.165, 1.54) is 24.3 Å². The standard InChI is InChI=1S/C19H20FNO3/c1-12-4-3-5-13(2)16(12)11-17(19(23)24)21-18(22)10-14-6-8-15(20)9-7-14/h3-9,17H,10-11H2,1-2H3,(H,21,22)(H,23,24)/t17-/m0/s1. The van der Waals surface area contributed by atoms with E-state index in [2.05, 4.69) is 5.32 Å². The Balaban J connectivity index is 2.07. The molecule has 24 heavy (non-hydrogen) atoms. The molecule has 0 saturated heterocycles.